The van der Waals surface area contributed by atoms with Crippen LogP contribution in [0.4, 0.5) is 5.69 Å². The summed E-state index contributed by atoms with van der Waals surface area (Å²) in [5.74, 6) is 1.28. The Morgan fingerprint density at radius 3 is 2.70 bits per heavy atom. The van der Waals surface area contributed by atoms with Crippen LogP contribution < -0.4 is 10.5 Å². The number of anilines is 1. The second-order valence-electron chi connectivity index (χ2n) is 4.61. The lowest BCUT2D eigenvalue weighted by Gasteiger charge is -2.08. The van der Waals surface area contributed by atoms with E-state index in [0.29, 0.717) is 23.8 Å². The van der Waals surface area contributed by atoms with Gasteiger partial charge in [-0.2, -0.15) is 0 Å². The van der Waals surface area contributed by atoms with Crippen molar-refractivity contribution < 1.29 is 8.95 Å². The smallest absolute Gasteiger partial charge is 0.142 e. The monoisotopic (exact) mass is 289 g/mol. The van der Waals surface area contributed by atoms with Gasteiger partial charge >= 0.3 is 0 Å². The van der Waals surface area contributed by atoms with Crippen molar-refractivity contribution in [3.05, 3.63) is 54.1 Å². The molecule has 0 bridgehead atoms. The number of benzene rings is 2. The Labute approximate surface area is 122 Å². The van der Waals surface area contributed by atoms with Gasteiger partial charge in [0.15, 0.2) is 0 Å². The minimum atomic E-state index is -0.968. The topological polar surface area (TPSA) is 52.3 Å². The number of hydrogen-bond acceptors (Lipinski definition) is 3. The van der Waals surface area contributed by atoms with E-state index in [1.165, 1.54) is 0 Å². The fourth-order valence-electron chi connectivity index (χ4n) is 1.86. The summed E-state index contributed by atoms with van der Waals surface area (Å²) in [6, 6.07) is 15.2. The van der Waals surface area contributed by atoms with Gasteiger partial charge in [-0.25, -0.2) is 0 Å². The molecule has 20 heavy (non-hydrogen) atoms. The van der Waals surface area contributed by atoms with Crippen LogP contribution in [-0.4, -0.2) is 16.6 Å². The number of hydrogen-bond donors (Lipinski definition) is 1. The molecule has 1 atom stereocenters. The van der Waals surface area contributed by atoms with Crippen LogP contribution in [0, 0.1) is 6.92 Å². The fourth-order valence-corrected chi connectivity index (χ4v) is 3.02. The summed E-state index contributed by atoms with van der Waals surface area (Å²) in [4.78, 5) is 0.879. The lowest BCUT2D eigenvalue weighted by molar-refractivity contribution is 0.320. The fraction of sp³-hybridized carbons (Fsp3) is 0.250. The molecule has 2 rings (SSSR count). The van der Waals surface area contributed by atoms with Crippen LogP contribution in [0.25, 0.3) is 0 Å². The van der Waals surface area contributed by atoms with E-state index >= 15 is 0 Å². The Hall–Kier alpha value is -1.81. The first-order valence-corrected chi connectivity index (χ1v) is 7.91. The van der Waals surface area contributed by atoms with Crippen LogP contribution in [0.3, 0.4) is 0 Å². The Balaban J connectivity index is 1.79. The van der Waals surface area contributed by atoms with Gasteiger partial charge in [-0.15, -0.1) is 0 Å². The maximum Gasteiger partial charge on any atom is 0.142 e. The molecule has 2 aromatic rings. The average molecular weight is 289 g/mol. The van der Waals surface area contributed by atoms with Crippen molar-refractivity contribution >= 4 is 16.5 Å². The standard InChI is InChI=1S/C16H19NO2S/c1-13-6-4-7-14(12-13)20(18)11-5-10-19-16-9-3-2-8-15(16)17/h2-4,6-9,12H,5,10-11,17H2,1H3. The van der Waals surface area contributed by atoms with Crippen LogP contribution in [0.2, 0.25) is 0 Å². The average Bonchev–Trinajstić information content (AvgIpc) is 2.45. The lowest BCUT2D eigenvalue weighted by atomic mass is 10.2. The Morgan fingerprint density at radius 2 is 1.95 bits per heavy atom. The van der Waals surface area contributed by atoms with Crippen molar-refractivity contribution in [1.29, 1.82) is 0 Å². The van der Waals surface area contributed by atoms with Gasteiger partial charge in [0, 0.05) is 10.6 Å². The van der Waals surface area contributed by atoms with Gasteiger partial charge in [0.05, 0.1) is 23.1 Å². The molecule has 1 unspecified atom stereocenters. The summed E-state index contributed by atoms with van der Waals surface area (Å²) < 4.78 is 17.7. The molecule has 0 radical (unpaired) electrons. The van der Waals surface area contributed by atoms with Gasteiger partial charge in [0.1, 0.15) is 5.75 Å². The van der Waals surface area contributed by atoms with E-state index in [0.717, 1.165) is 16.9 Å². The first-order valence-electron chi connectivity index (χ1n) is 6.59. The van der Waals surface area contributed by atoms with Crippen LogP contribution >= 0.6 is 0 Å². The minimum absolute atomic E-state index is 0.520. The Bertz CT molecular complexity index is 599. The molecule has 2 aromatic carbocycles. The minimum Gasteiger partial charge on any atom is -0.491 e. The summed E-state index contributed by atoms with van der Waals surface area (Å²) >= 11 is 0. The molecule has 3 nitrogen and oxygen atoms in total. The molecule has 106 valence electrons. The van der Waals surface area contributed by atoms with E-state index in [1.807, 2.05) is 49.4 Å². The van der Waals surface area contributed by atoms with Crippen molar-refractivity contribution in [3.8, 4) is 5.75 Å². The number of nitrogen functional groups attached to an aromatic ring is 1. The van der Waals surface area contributed by atoms with Gasteiger partial charge < -0.3 is 10.5 Å². The maximum absolute atomic E-state index is 12.1. The van der Waals surface area contributed by atoms with Crippen LogP contribution in [0.15, 0.2) is 53.4 Å². The van der Waals surface area contributed by atoms with Crippen molar-refractivity contribution in [1.82, 2.24) is 0 Å². The number of nitrogens with two attached hydrogens (primary N) is 1. The molecule has 0 saturated carbocycles. The second kappa shape index (κ2) is 7.10. The molecule has 0 saturated heterocycles. The third-order valence-corrected chi connectivity index (χ3v) is 4.34. The van der Waals surface area contributed by atoms with E-state index in [2.05, 4.69) is 0 Å². The van der Waals surface area contributed by atoms with Crippen LogP contribution in [0.1, 0.15) is 12.0 Å². The number of ether oxygens (including phenoxy) is 1. The summed E-state index contributed by atoms with van der Waals surface area (Å²) in [6.45, 7) is 2.52. The molecule has 0 aliphatic carbocycles. The normalized spacial score (nSPS) is 12.1. The van der Waals surface area contributed by atoms with E-state index in [-0.39, 0.29) is 0 Å². The highest BCUT2D eigenvalue weighted by atomic mass is 32.2. The molecule has 0 heterocycles. The van der Waals surface area contributed by atoms with Gasteiger partial charge in [-0.1, -0.05) is 24.3 Å². The SMILES string of the molecule is Cc1cccc(S(=O)CCCOc2ccccc2N)c1. The second-order valence-corrected chi connectivity index (χ2v) is 6.18. The van der Waals surface area contributed by atoms with E-state index in [1.54, 1.807) is 6.07 Å². The molecule has 0 aliphatic heterocycles. The predicted octanol–water partition coefficient (Wildman–Crippen LogP) is 3.15. The summed E-state index contributed by atoms with van der Waals surface area (Å²) in [5, 5.41) is 0. The van der Waals surface area contributed by atoms with Gasteiger partial charge in [0.25, 0.3) is 0 Å². The van der Waals surface area contributed by atoms with Crippen molar-refractivity contribution in [3.63, 3.8) is 0 Å². The molecule has 2 N–H and O–H groups in total. The third kappa shape index (κ3) is 4.10. The molecule has 0 fully saturated rings. The van der Waals surface area contributed by atoms with Crippen LogP contribution in [-0.2, 0) is 10.8 Å². The molecule has 0 spiro atoms. The lowest BCUT2D eigenvalue weighted by Crippen LogP contribution is -2.06. The molecule has 0 amide bonds. The molecule has 0 aromatic heterocycles. The summed E-state index contributed by atoms with van der Waals surface area (Å²) in [6.07, 6.45) is 0.731. The van der Waals surface area contributed by atoms with Gasteiger partial charge in [0.2, 0.25) is 0 Å². The van der Waals surface area contributed by atoms with E-state index in [9.17, 15) is 4.21 Å². The highest BCUT2D eigenvalue weighted by Crippen LogP contribution is 2.19. The maximum atomic E-state index is 12.1. The highest BCUT2D eigenvalue weighted by molar-refractivity contribution is 7.85. The van der Waals surface area contributed by atoms with Gasteiger partial charge in [-0.3, -0.25) is 4.21 Å². The van der Waals surface area contributed by atoms with Crippen LogP contribution in [0.5, 0.6) is 5.75 Å². The Morgan fingerprint density at radius 1 is 1.15 bits per heavy atom. The quantitative estimate of drug-likeness (QED) is 0.656. The zero-order valence-corrected chi connectivity index (χ0v) is 12.4. The Kier molecular flexibility index (Phi) is 5.18. The predicted molar refractivity (Wildman–Crippen MR) is 83.4 cm³/mol. The molecule has 4 heteroatoms. The van der Waals surface area contributed by atoms with Crippen molar-refractivity contribution in [2.45, 2.75) is 18.2 Å². The molecular weight excluding hydrogens is 270 g/mol. The zero-order chi connectivity index (χ0) is 14.4. The number of para-hydroxylation sites is 2. The highest BCUT2D eigenvalue weighted by Gasteiger charge is 2.04. The van der Waals surface area contributed by atoms with E-state index in [4.69, 9.17) is 10.5 Å². The third-order valence-electron chi connectivity index (χ3n) is 2.90. The number of rotatable bonds is 6. The first kappa shape index (κ1) is 14.6. The molecule has 0 aliphatic rings. The zero-order valence-electron chi connectivity index (χ0n) is 11.5. The first-order chi connectivity index (χ1) is 9.66. The van der Waals surface area contributed by atoms with Crippen molar-refractivity contribution in [2.75, 3.05) is 18.1 Å². The van der Waals surface area contributed by atoms with E-state index < -0.39 is 10.8 Å². The molecular formula is C16H19NO2S. The number of aryl methyl sites for hydroxylation is 1. The summed E-state index contributed by atoms with van der Waals surface area (Å²) in [5.41, 5.74) is 7.55. The summed E-state index contributed by atoms with van der Waals surface area (Å²) in [7, 11) is -0.968. The van der Waals surface area contributed by atoms with Crippen molar-refractivity contribution in [2.24, 2.45) is 0 Å². The van der Waals surface area contributed by atoms with Gasteiger partial charge in [-0.05, 0) is 43.2 Å². The largest absolute Gasteiger partial charge is 0.491 e.